The lowest BCUT2D eigenvalue weighted by molar-refractivity contribution is 0.493. The van der Waals surface area contributed by atoms with E-state index in [4.69, 9.17) is 23.2 Å². The van der Waals surface area contributed by atoms with Crippen molar-refractivity contribution in [3.63, 3.8) is 0 Å². The molecule has 0 radical (unpaired) electrons. The van der Waals surface area contributed by atoms with E-state index in [0.29, 0.717) is 16.5 Å². The van der Waals surface area contributed by atoms with E-state index < -0.39 is 0 Å². The molecule has 1 N–H and O–H groups in total. The lowest BCUT2D eigenvalue weighted by Crippen LogP contribution is -2.26. The predicted octanol–water partition coefficient (Wildman–Crippen LogP) is 4.15. The second-order valence-electron chi connectivity index (χ2n) is 4.95. The number of rotatable bonds is 6. The Balaban J connectivity index is 2.28. The van der Waals surface area contributed by atoms with Crippen LogP contribution in [-0.2, 0) is 13.5 Å². The predicted molar refractivity (Wildman–Crippen MR) is 84.4 cm³/mol. The van der Waals surface area contributed by atoms with Crippen LogP contribution in [0, 0.1) is 5.82 Å². The fraction of sp³-hybridized carbons (Fsp3) is 0.400. The molecule has 3 nitrogen and oxygen atoms in total. The number of benzene rings is 1. The number of nitrogens with zero attached hydrogens (tertiary/aromatic N) is 2. The summed E-state index contributed by atoms with van der Waals surface area (Å²) in [5, 5.41) is 8.66. The quantitative estimate of drug-likeness (QED) is 0.862. The highest BCUT2D eigenvalue weighted by atomic mass is 35.5. The lowest BCUT2D eigenvalue weighted by Gasteiger charge is -2.20. The van der Waals surface area contributed by atoms with Gasteiger partial charge in [0.05, 0.1) is 23.0 Å². The Morgan fingerprint density at radius 3 is 2.67 bits per heavy atom. The van der Waals surface area contributed by atoms with Crippen LogP contribution in [-0.4, -0.2) is 16.3 Å². The van der Waals surface area contributed by atoms with Gasteiger partial charge in [0.2, 0.25) is 0 Å². The molecule has 1 heterocycles. The first-order chi connectivity index (χ1) is 10.0. The summed E-state index contributed by atoms with van der Waals surface area (Å²) in [5.74, 6) is -0.333. The number of hydrogen-bond acceptors (Lipinski definition) is 2. The summed E-state index contributed by atoms with van der Waals surface area (Å²) < 4.78 is 14.9. The third-order valence-electron chi connectivity index (χ3n) is 3.35. The van der Waals surface area contributed by atoms with Crippen molar-refractivity contribution >= 4 is 23.2 Å². The first kappa shape index (κ1) is 16.3. The largest absolute Gasteiger partial charge is 0.308 e. The molecule has 21 heavy (non-hydrogen) atoms. The van der Waals surface area contributed by atoms with E-state index in [1.165, 1.54) is 12.1 Å². The molecule has 0 aliphatic carbocycles. The van der Waals surface area contributed by atoms with Crippen LogP contribution in [0.15, 0.2) is 24.4 Å². The van der Waals surface area contributed by atoms with E-state index in [9.17, 15) is 4.39 Å². The van der Waals surface area contributed by atoms with Crippen LogP contribution < -0.4 is 5.32 Å². The molecule has 2 aromatic rings. The van der Waals surface area contributed by atoms with Crippen molar-refractivity contribution in [1.82, 2.24) is 15.1 Å². The van der Waals surface area contributed by atoms with Gasteiger partial charge in [-0.1, -0.05) is 36.2 Å². The topological polar surface area (TPSA) is 29.9 Å². The fourth-order valence-corrected chi connectivity index (χ4v) is 2.85. The van der Waals surface area contributed by atoms with Crippen molar-refractivity contribution in [2.45, 2.75) is 25.8 Å². The molecule has 0 bridgehead atoms. The van der Waals surface area contributed by atoms with Gasteiger partial charge in [0.25, 0.3) is 0 Å². The Labute approximate surface area is 134 Å². The van der Waals surface area contributed by atoms with Gasteiger partial charge in [-0.25, -0.2) is 4.39 Å². The summed E-state index contributed by atoms with van der Waals surface area (Å²) in [7, 11) is 1.86. The van der Waals surface area contributed by atoms with E-state index in [-0.39, 0.29) is 11.9 Å². The van der Waals surface area contributed by atoms with Gasteiger partial charge < -0.3 is 5.32 Å². The minimum atomic E-state index is -0.333. The number of hydrogen-bond donors (Lipinski definition) is 1. The first-order valence-electron chi connectivity index (χ1n) is 6.87. The van der Waals surface area contributed by atoms with E-state index >= 15 is 0 Å². The Kier molecular flexibility index (Phi) is 5.62. The first-order valence-corrected chi connectivity index (χ1v) is 7.63. The van der Waals surface area contributed by atoms with Crippen LogP contribution in [0.3, 0.4) is 0 Å². The highest BCUT2D eigenvalue weighted by Crippen LogP contribution is 2.28. The van der Waals surface area contributed by atoms with Gasteiger partial charge >= 0.3 is 0 Å². The molecule has 1 aromatic heterocycles. The van der Waals surface area contributed by atoms with E-state index in [1.54, 1.807) is 16.9 Å². The molecule has 0 spiro atoms. The zero-order valence-electron chi connectivity index (χ0n) is 12.0. The normalized spacial score (nSPS) is 12.6. The van der Waals surface area contributed by atoms with Crippen LogP contribution in [0.4, 0.5) is 4.39 Å². The smallest absolute Gasteiger partial charge is 0.124 e. The molecule has 0 aliphatic heterocycles. The molecular formula is C15H18Cl2FN3. The minimum absolute atomic E-state index is 0.0205. The average molecular weight is 330 g/mol. The van der Waals surface area contributed by atoms with Gasteiger partial charge in [-0.2, -0.15) is 5.10 Å². The molecule has 114 valence electrons. The summed E-state index contributed by atoms with van der Waals surface area (Å²) in [4.78, 5) is 0. The second-order valence-corrected chi connectivity index (χ2v) is 5.76. The number of nitrogens with one attached hydrogen (secondary N) is 1. The molecule has 0 amide bonds. The molecule has 6 heteroatoms. The minimum Gasteiger partial charge on any atom is -0.308 e. The van der Waals surface area contributed by atoms with Crippen molar-refractivity contribution in [2.75, 3.05) is 6.54 Å². The number of aromatic nitrogens is 2. The van der Waals surface area contributed by atoms with Gasteiger partial charge in [-0.05, 0) is 37.1 Å². The summed E-state index contributed by atoms with van der Waals surface area (Å²) in [6.07, 6.45) is 3.26. The summed E-state index contributed by atoms with van der Waals surface area (Å²) in [5.41, 5.74) is 1.79. The third kappa shape index (κ3) is 3.96. The Morgan fingerprint density at radius 1 is 1.33 bits per heavy atom. The molecule has 0 aliphatic rings. The van der Waals surface area contributed by atoms with E-state index in [2.05, 4.69) is 17.3 Å². The van der Waals surface area contributed by atoms with Crippen LogP contribution in [0.2, 0.25) is 10.0 Å². The monoisotopic (exact) mass is 329 g/mol. The highest BCUT2D eigenvalue weighted by molar-refractivity contribution is 6.31. The van der Waals surface area contributed by atoms with Crippen LogP contribution in [0.1, 0.15) is 30.6 Å². The SMILES string of the molecule is CCCNC(Cc1ccc(F)cc1Cl)c1c(Cl)cnn1C. The van der Waals surface area contributed by atoms with Gasteiger partial charge in [0.1, 0.15) is 5.82 Å². The van der Waals surface area contributed by atoms with Crippen molar-refractivity contribution in [2.24, 2.45) is 7.05 Å². The van der Waals surface area contributed by atoms with Crippen LogP contribution in [0.5, 0.6) is 0 Å². The maximum Gasteiger partial charge on any atom is 0.124 e. The fourth-order valence-electron chi connectivity index (χ4n) is 2.30. The zero-order valence-corrected chi connectivity index (χ0v) is 13.5. The molecule has 0 saturated carbocycles. The summed E-state index contributed by atoms with van der Waals surface area (Å²) in [6, 6.07) is 4.44. The van der Waals surface area contributed by atoms with Gasteiger partial charge in [0, 0.05) is 12.1 Å². The molecule has 0 fully saturated rings. The number of halogens is 3. The zero-order chi connectivity index (χ0) is 15.4. The lowest BCUT2D eigenvalue weighted by atomic mass is 10.0. The van der Waals surface area contributed by atoms with Crippen LogP contribution in [0.25, 0.3) is 0 Å². The van der Waals surface area contributed by atoms with Crippen molar-refractivity contribution in [3.05, 3.63) is 51.5 Å². The van der Waals surface area contributed by atoms with Crippen molar-refractivity contribution < 1.29 is 4.39 Å². The molecule has 1 aromatic carbocycles. The average Bonchev–Trinajstić information content (AvgIpc) is 2.77. The van der Waals surface area contributed by atoms with Gasteiger partial charge in [0.15, 0.2) is 0 Å². The molecule has 0 saturated heterocycles. The maximum absolute atomic E-state index is 13.2. The molecule has 1 unspecified atom stereocenters. The van der Waals surface area contributed by atoms with Crippen LogP contribution >= 0.6 is 23.2 Å². The summed E-state index contributed by atoms with van der Waals surface area (Å²) in [6.45, 7) is 2.95. The molecule has 1 atom stereocenters. The van der Waals surface area contributed by atoms with E-state index in [0.717, 1.165) is 24.2 Å². The summed E-state index contributed by atoms with van der Waals surface area (Å²) >= 11 is 12.4. The third-order valence-corrected chi connectivity index (χ3v) is 3.99. The van der Waals surface area contributed by atoms with Crippen molar-refractivity contribution in [3.8, 4) is 0 Å². The van der Waals surface area contributed by atoms with Gasteiger partial charge in [-0.15, -0.1) is 0 Å². The Hall–Kier alpha value is -1.10. The highest BCUT2D eigenvalue weighted by Gasteiger charge is 2.20. The van der Waals surface area contributed by atoms with E-state index in [1.807, 2.05) is 7.05 Å². The number of aryl methyl sites for hydroxylation is 1. The Morgan fingerprint density at radius 2 is 2.10 bits per heavy atom. The second kappa shape index (κ2) is 7.25. The Bertz CT molecular complexity index is 593. The van der Waals surface area contributed by atoms with Crippen molar-refractivity contribution in [1.29, 1.82) is 0 Å². The molecule has 2 rings (SSSR count). The van der Waals surface area contributed by atoms with Gasteiger partial charge in [-0.3, -0.25) is 4.68 Å². The molecular weight excluding hydrogens is 312 g/mol. The maximum atomic E-state index is 13.2. The standard InChI is InChI=1S/C15H18Cl2FN3/c1-3-6-19-14(15-13(17)9-20-21(15)2)7-10-4-5-11(18)8-12(10)16/h4-5,8-9,14,19H,3,6-7H2,1-2H3.